The van der Waals surface area contributed by atoms with Gasteiger partial charge in [0.05, 0.1) is 5.69 Å². The third kappa shape index (κ3) is 4.73. The van der Waals surface area contributed by atoms with E-state index in [4.69, 9.17) is 0 Å². The van der Waals surface area contributed by atoms with Gasteiger partial charge in [-0.25, -0.2) is 13.1 Å². The Labute approximate surface area is 121 Å². The third-order valence-corrected chi connectivity index (χ3v) is 4.67. The summed E-state index contributed by atoms with van der Waals surface area (Å²) in [5.41, 5.74) is 0.552. The van der Waals surface area contributed by atoms with Crippen molar-refractivity contribution in [2.24, 2.45) is 0 Å². The van der Waals surface area contributed by atoms with Crippen molar-refractivity contribution in [1.82, 2.24) is 14.6 Å². The van der Waals surface area contributed by atoms with Crippen molar-refractivity contribution in [3.8, 4) is 0 Å². The normalized spacial score (nSPS) is 11.8. The van der Waals surface area contributed by atoms with Crippen LogP contribution in [-0.4, -0.2) is 51.5 Å². The smallest absolute Gasteiger partial charge is 0.244 e. The van der Waals surface area contributed by atoms with Gasteiger partial charge in [-0.2, -0.15) is 0 Å². The summed E-state index contributed by atoms with van der Waals surface area (Å²) >= 11 is 0. The predicted octanol–water partition coefficient (Wildman–Crippen LogP) is 1.13. The van der Waals surface area contributed by atoms with Gasteiger partial charge in [-0.15, -0.1) is 0 Å². The first-order valence-corrected chi connectivity index (χ1v) is 8.37. The average molecular weight is 300 g/mol. The summed E-state index contributed by atoms with van der Waals surface area (Å²) in [4.78, 5) is 6.32. The molecule has 2 N–H and O–H groups in total. The van der Waals surface area contributed by atoms with Crippen molar-refractivity contribution < 1.29 is 8.42 Å². The van der Waals surface area contributed by atoms with E-state index in [1.807, 2.05) is 0 Å². The van der Waals surface area contributed by atoms with Crippen LogP contribution >= 0.6 is 0 Å². The fourth-order valence-electron chi connectivity index (χ4n) is 1.93. The molecule has 1 rings (SSSR count). The molecule has 1 aromatic rings. The third-order valence-electron chi connectivity index (χ3n) is 3.18. The fourth-order valence-corrected chi connectivity index (χ4v) is 3.16. The van der Waals surface area contributed by atoms with E-state index in [-0.39, 0.29) is 4.90 Å². The van der Waals surface area contributed by atoms with Gasteiger partial charge in [0.1, 0.15) is 4.90 Å². The molecule has 0 radical (unpaired) electrons. The summed E-state index contributed by atoms with van der Waals surface area (Å²) in [5, 5.41) is 2.86. The van der Waals surface area contributed by atoms with E-state index >= 15 is 0 Å². The van der Waals surface area contributed by atoms with Crippen LogP contribution < -0.4 is 10.0 Å². The molecular weight excluding hydrogens is 276 g/mol. The van der Waals surface area contributed by atoms with Gasteiger partial charge in [-0.1, -0.05) is 13.8 Å². The topological polar surface area (TPSA) is 74.3 Å². The lowest BCUT2D eigenvalue weighted by atomic mass is 10.4. The summed E-state index contributed by atoms with van der Waals surface area (Å²) in [6.45, 7) is 7.48. The molecule has 114 valence electrons. The van der Waals surface area contributed by atoms with Crippen LogP contribution in [-0.2, 0) is 10.0 Å². The Morgan fingerprint density at radius 3 is 2.60 bits per heavy atom. The van der Waals surface area contributed by atoms with Crippen LogP contribution in [0.2, 0.25) is 0 Å². The fraction of sp³-hybridized carbons (Fsp3) is 0.615. The summed E-state index contributed by atoms with van der Waals surface area (Å²) < 4.78 is 27.0. The largest absolute Gasteiger partial charge is 0.387 e. The number of sulfonamides is 1. The quantitative estimate of drug-likeness (QED) is 0.669. The number of anilines is 1. The maximum absolute atomic E-state index is 12.2. The molecule has 0 spiro atoms. The van der Waals surface area contributed by atoms with Crippen molar-refractivity contribution in [1.29, 1.82) is 0 Å². The highest BCUT2D eigenvalue weighted by Crippen LogP contribution is 2.18. The Hall–Kier alpha value is -1.18. The second kappa shape index (κ2) is 8.18. The van der Waals surface area contributed by atoms with E-state index in [0.717, 1.165) is 26.1 Å². The second-order valence-electron chi connectivity index (χ2n) is 4.40. The highest BCUT2D eigenvalue weighted by atomic mass is 32.2. The van der Waals surface area contributed by atoms with Crippen LogP contribution in [0, 0.1) is 0 Å². The SMILES string of the molecule is CCN(CC)CCCNS(=O)(=O)c1cnccc1NC. The Bertz CT molecular complexity index is 501. The zero-order chi connectivity index (χ0) is 15.0. The van der Waals surface area contributed by atoms with Crippen molar-refractivity contribution in [3.63, 3.8) is 0 Å². The van der Waals surface area contributed by atoms with Crippen molar-refractivity contribution in [3.05, 3.63) is 18.5 Å². The molecule has 1 heterocycles. The van der Waals surface area contributed by atoms with Crippen molar-refractivity contribution in [2.75, 3.05) is 38.5 Å². The number of aromatic nitrogens is 1. The van der Waals surface area contributed by atoms with Crippen LogP contribution in [0.5, 0.6) is 0 Å². The van der Waals surface area contributed by atoms with Gasteiger partial charge in [-0.05, 0) is 32.1 Å². The first kappa shape index (κ1) is 16.9. The molecule has 0 saturated heterocycles. The summed E-state index contributed by atoms with van der Waals surface area (Å²) in [5.74, 6) is 0. The summed E-state index contributed by atoms with van der Waals surface area (Å²) in [6.07, 6.45) is 3.71. The molecule has 0 aliphatic heterocycles. The summed E-state index contributed by atoms with van der Waals surface area (Å²) in [6, 6.07) is 1.64. The molecule has 7 heteroatoms. The lowest BCUT2D eigenvalue weighted by Crippen LogP contribution is -2.30. The number of pyridine rings is 1. The van der Waals surface area contributed by atoms with Crippen LogP contribution in [0.15, 0.2) is 23.4 Å². The zero-order valence-electron chi connectivity index (χ0n) is 12.4. The van der Waals surface area contributed by atoms with Gasteiger partial charge in [0.2, 0.25) is 10.0 Å². The standard InChI is InChI=1S/C13H24N4O2S/c1-4-17(5-2)10-6-8-16-20(18,19)13-11-15-9-7-12(13)14-3/h7,9,11,16H,4-6,8,10H2,1-3H3,(H,14,15). The van der Waals surface area contributed by atoms with Gasteiger partial charge in [0.25, 0.3) is 0 Å². The van der Waals surface area contributed by atoms with Crippen molar-refractivity contribution >= 4 is 15.7 Å². The van der Waals surface area contributed by atoms with Crippen LogP contribution in [0.25, 0.3) is 0 Å². The van der Waals surface area contributed by atoms with Gasteiger partial charge >= 0.3 is 0 Å². The molecule has 0 amide bonds. The molecule has 0 aromatic carbocycles. The van der Waals surface area contributed by atoms with Crippen molar-refractivity contribution in [2.45, 2.75) is 25.2 Å². The minimum absolute atomic E-state index is 0.185. The molecule has 0 atom stereocenters. The highest BCUT2D eigenvalue weighted by Gasteiger charge is 2.17. The van der Waals surface area contributed by atoms with Gasteiger partial charge in [-0.3, -0.25) is 4.98 Å². The number of hydrogen-bond donors (Lipinski definition) is 2. The molecule has 0 saturated carbocycles. The van der Waals surface area contributed by atoms with E-state index in [1.165, 1.54) is 6.20 Å². The number of nitrogens with zero attached hydrogens (tertiary/aromatic N) is 2. The Balaban J connectivity index is 2.58. The first-order valence-electron chi connectivity index (χ1n) is 6.89. The maximum atomic E-state index is 12.2. The predicted molar refractivity (Wildman–Crippen MR) is 81.4 cm³/mol. The lowest BCUT2D eigenvalue weighted by Gasteiger charge is -2.17. The van der Waals surface area contributed by atoms with Crippen LogP contribution in [0.3, 0.4) is 0 Å². The Morgan fingerprint density at radius 2 is 2.00 bits per heavy atom. The molecule has 6 nitrogen and oxygen atoms in total. The average Bonchev–Trinajstić information content (AvgIpc) is 2.47. The molecule has 1 aromatic heterocycles. The van der Waals surface area contributed by atoms with Gasteiger partial charge in [0.15, 0.2) is 0 Å². The van der Waals surface area contributed by atoms with E-state index in [1.54, 1.807) is 19.3 Å². The first-order chi connectivity index (χ1) is 9.55. The van der Waals surface area contributed by atoms with Crippen LogP contribution in [0.1, 0.15) is 20.3 Å². The molecule has 20 heavy (non-hydrogen) atoms. The highest BCUT2D eigenvalue weighted by molar-refractivity contribution is 7.89. The van der Waals surface area contributed by atoms with Crippen LogP contribution in [0.4, 0.5) is 5.69 Å². The molecule has 0 bridgehead atoms. The summed E-state index contributed by atoms with van der Waals surface area (Å²) in [7, 11) is -1.82. The molecular formula is C13H24N4O2S. The minimum Gasteiger partial charge on any atom is -0.387 e. The molecule has 0 fully saturated rings. The lowest BCUT2D eigenvalue weighted by molar-refractivity contribution is 0.300. The number of rotatable bonds is 9. The van der Waals surface area contributed by atoms with E-state index < -0.39 is 10.0 Å². The monoisotopic (exact) mass is 300 g/mol. The van der Waals surface area contributed by atoms with Gasteiger partial charge in [0, 0.05) is 26.0 Å². The van der Waals surface area contributed by atoms with E-state index in [2.05, 4.69) is 33.8 Å². The number of hydrogen-bond acceptors (Lipinski definition) is 5. The Kier molecular flexibility index (Phi) is 6.90. The zero-order valence-corrected chi connectivity index (χ0v) is 13.2. The molecule has 0 aliphatic rings. The van der Waals surface area contributed by atoms with E-state index in [0.29, 0.717) is 12.2 Å². The minimum atomic E-state index is -3.51. The number of nitrogens with one attached hydrogen (secondary N) is 2. The second-order valence-corrected chi connectivity index (χ2v) is 6.14. The maximum Gasteiger partial charge on any atom is 0.244 e. The molecule has 0 aliphatic carbocycles. The molecule has 0 unspecified atom stereocenters. The Morgan fingerprint density at radius 1 is 1.30 bits per heavy atom. The van der Waals surface area contributed by atoms with Gasteiger partial charge < -0.3 is 10.2 Å². The van der Waals surface area contributed by atoms with E-state index in [9.17, 15) is 8.42 Å².